The number of benzene rings is 2. The minimum atomic E-state index is -0.301. The number of nitrogens with zero attached hydrogens (tertiary/aromatic N) is 2. The lowest BCUT2D eigenvalue weighted by molar-refractivity contribution is -0.121. The second-order valence-electron chi connectivity index (χ2n) is 6.55. The van der Waals surface area contributed by atoms with Gasteiger partial charge in [0.25, 0.3) is 5.91 Å². The second kappa shape index (κ2) is 10.1. The number of carbonyl (C=O) groups excluding carboxylic acids is 2. The van der Waals surface area contributed by atoms with Crippen LogP contribution in [0.3, 0.4) is 0 Å². The Labute approximate surface area is 178 Å². The highest BCUT2D eigenvalue weighted by Crippen LogP contribution is 2.15. The Morgan fingerprint density at radius 2 is 1.72 bits per heavy atom. The maximum absolute atomic E-state index is 12.3. The van der Waals surface area contributed by atoms with Crippen molar-refractivity contribution in [2.24, 2.45) is 0 Å². The van der Waals surface area contributed by atoms with Gasteiger partial charge in [-0.25, -0.2) is 0 Å². The number of rotatable bonds is 8. The van der Waals surface area contributed by atoms with E-state index >= 15 is 0 Å². The molecule has 0 spiro atoms. The summed E-state index contributed by atoms with van der Waals surface area (Å²) in [5.41, 5.74) is 2.94. The minimum Gasteiger partial charge on any atom is -0.356 e. The van der Waals surface area contributed by atoms with Gasteiger partial charge in [0.2, 0.25) is 10.9 Å². The van der Waals surface area contributed by atoms with Crippen molar-refractivity contribution in [3.63, 3.8) is 0 Å². The van der Waals surface area contributed by atoms with Crippen LogP contribution < -0.4 is 10.6 Å². The zero-order chi connectivity index (χ0) is 20.6. The maximum atomic E-state index is 12.3. The Morgan fingerprint density at radius 3 is 2.45 bits per heavy atom. The zero-order valence-electron chi connectivity index (χ0n) is 15.9. The Bertz CT molecular complexity index is 971. The average molecular weight is 429 g/mol. The summed E-state index contributed by atoms with van der Waals surface area (Å²) in [6.45, 7) is 2.54. The number of carbonyl (C=O) groups is 2. The number of hydrogen-bond donors (Lipinski definition) is 2. The van der Waals surface area contributed by atoms with Gasteiger partial charge in [-0.15, -0.1) is 10.2 Å². The number of anilines is 1. The molecule has 2 aromatic carbocycles. The predicted molar refractivity (Wildman–Crippen MR) is 116 cm³/mol. The van der Waals surface area contributed by atoms with Crippen LogP contribution >= 0.6 is 22.9 Å². The van der Waals surface area contributed by atoms with Crippen molar-refractivity contribution >= 4 is 40.4 Å². The van der Waals surface area contributed by atoms with Gasteiger partial charge >= 0.3 is 0 Å². The molecule has 0 atom stereocenters. The number of amides is 2. The van der Waals surface area contributed by atoms with Gasteiger partial charge < -0.3 is 10.6 Å². The van der Waals surface area contributed by atoms with E-state index in [-0.39, 0.29) is 16.8 Å². The molecule has 1 heterocycles. The topological polar surface area (TPSA) is 84.0 Å². The van der Waals surface area contributed by atoms with E-state index in [1.165, 1.54) is 11.3 Å². The molecule has 2 N–H and O–H groups in total. The Morgan fingerprint density at radius 1 is 1.00 bits per heavy atom. The fourth-order valence-electron chi connectivity index (χ4n) is 2.57. The van der Waals surface area contributed by atoms with Crippen molar-refractivity contribution < 1.29 is 9.59 Å². The highest BCUT2D eigenvalue weighted by molar-refractivity contribution is 7.13. The average Bonchev–Trinajstić information content (AvgIpc) is 3.19. The van der Waals surface area contributed by atoms with Crippen LogP contribution in [0, 0.1) is 6.92 Å². The lowest BCUT2D eigenvalue weighted by atomic mass is 10.1. The molecule has 8 heteroatoms. The number of halogens is 1. The highest BCUT2D eigenvalue weighted by atomic mass is 35.5. The summed E-state index contributed by atoms with van der Waals surface area (Å²) in [5.74, 6) is -0.357. The Kier molecular flexibility index (Phi) is 7.32. The molecule has 0 saturated heterocycles. The molecule has 150 valence electrons. The number of aromatic nitrogens is 2. The molecule has 29 heavy (non-hydrogen) atoms. The highest BCUT2D eigenvalue weighted by Gasteiger charge is 2.14. The number of hydrogen-bond acceptors (Lipinski definition) is 5. The summed E-state index contributed by atoms with van der Waals surface area (Å²) >= 11 is 7.06. The molecule has 0 bridgehead atoms. The van der Waals surface area contributed by atoms with Crippen LogP contribution in [0.25, 0.3) is 0 Å². The lowest BCUT2D eigenvalue weighted by Crippen LogP contribution is -2.25. The smallest absolute Gasteiger partial charge is 0.286 e. The van der Waals surface area contributed by atoms with Crippen molar-refractivity contribution in [1.29, 1.82) is 0 Å². The fourth-order valence-corrected chi connectivity index (χ4v) is 3.43. The van der Waals surface area contributed by atoms with Crippen molar-refractivity contribution in [2.75, 3.05) is 11.9 Å². The van der Waals surface area contributed by atoms with Crippen LogP contribution in [-0.4, -0.2) is 28.6 Å². The number of aryl methyl sites for hydroxylation is 2. The van der Waals surface area contributed by atoms with Crippen molar-refractivity contribution in [2.45, 2.75) is 26.2 Å². The normalized spacial score (nSPS) is 10.6. The van der Waals surface area contributed by atoms with E-state index in [1.807, 2.05) is 55.5 Å². The maximum Gasteiger partial charge on any atom is 0.286 e. The predicted octanol–water partition coefficient (Wildman–Crippen LogP) is 4.04. The van der Waals surface area contributed by atoms with E-state index in [4.69, 9.17) is 11.6 Å². The SMILES string of the molecule is Cc1ccc(NC(=O)c2nnc(CCC(=O)NCCc3ccc(Cl)cc3)s2)cc1. The van der Waals surface area contributed by atoms with Crippen molar-refractivity contribution in [3.8, 4) is 0 Å². The Balaban J connectivity index is 1.41. The van der Waals surface area contributed by atoms with Crippen LogP contribution in [0.15, 0.2) is 48.5 Å². The third kappa shape index (κ3) is 6.66. The molecular formula is C21H21ClN4O2S. The summed E-state index contributed by atoms with van der Waals surface area (Å²) in [6.07, 6.45) is 1.49. The van der Waals surface area contributed by atoms with E-state index in [1.54, 1.807) is 0 Å². The Hall–Kier alpha value is -2.77. The minimum absolute atomic E-state index is 0.0557. The van der Waals surface area contributed by atoms with E-state index < -0.39 is 0 Å². The molecule has 6 nitrogen and oxygen atoms in total. The van der Waals surface area contributed by atoms with Gasteiger partial charge in [0.15, 0.2) is 0 Å². The molecule has 0 aliphatic rings. The summed E-state index contributed by atoms with van der Waals surface area (Å²) in [7, 11) is 0. The van der Waals surface area contributed by atoms with E-state index in [0.29, 0.717) is 35.1 Å². The molecule has 0 aliphatic heterocycles. The first-order valence-corrected chi connectivity index (χ1v) is 10.4. The number of nitrogens with one attached hydrogen (secondary N) is 2. The lowest BCUT2D eigenvalue weighted by Gasteiger charge is -2.04. The van der Waals surface area contributed by atoms with Crippen LogP contribution in [0.5, 0.6) is 0 Å². The first-order valence-electron chi connectivity index (χ1n) is 9.21. The van der Waals surface area contributed by atoms with Gasteiger partial charge in [-0.05, 0) is 43.2 Å². The van der Waals surface area contributed by atoms with Crippen molar-refractivity contribution in [1.82, 2.24) is 15.5 Å². The molecule has 0 fully saturated rings. The van der Waals surface area contributed by atoms with Crippen LogP contribution in [0.4, 0.5) is 5.69 Å². The third-order valence-corrected chi connectivity index (χ3v) is 5.42. The molecule has 0 unspecified atom stereocenters. The monoisotopic (exact) mass is 428 g/mol. The van der Waals surface area contributed by atoms with Gasteiger partial charge in [-0.2, -0.15) is 0 Å². The van der Waals surface area contributed by atoms with E-state index in [0.717, 1.165) is 17.5 Å². The first kappa shape index (κ1) is 21.0. The molecule has 0 radical (unpaired) electrons. The van der Waals surface area contributed by atoms with Gasteiger partial charge in [-0.1, -0.05) is 52.8 Å². The zero-order valence-corrected chi connectivity index (χ0v) is 17.5. The van der Waals surface area contributed by atoms with Gasteiger partial charge in [0.1, 0.15) is 5.01 Å². The largest absolute Gasteiger partial charge is 0.356 e. The summed E-state index contributed by atoms with van der Waals surface area (Å²) in [4.78, 5) is 24.3. The van der Waals surface area contributed by atoms with E-state index in [9.17, 15) is 9.59 Å². The summed E-state index contributed by atoms with van der Waals surface area (Å²) in [6, 6.07) is 15.1. The molecule has 0 saturated carbocycles. The van der Waals surface area contributed by atoms with Crippen molar-refractivity contribution in [3.05, 3.63) is 74.7 Å². The van der Waals surface area contributed by atoms with E-state index in [2.05, 4.69) is 20.8 Å². The van der Waals surface area contributed by atoms with Crippen LogP contribution in [0.2, 0.25) is 5.02 Å². The molecule has 0 aliphatic carbocycles. The third-order valence-electron chi connectivity index (χ3n) is 4.19. The van der Waals surface area contributed by atoms with Crippen LogP contribution in [0.1, 0.15) is 32.4 Å². The fraction of sp³-hybridized carbons (Fsp3) is 0.238. The summed E-state index contributed by atoms with van der Waals surface area (Å²) < 4.78 is 0. The standard InChI is InChI=1S/C21H21ClN4O2S/c1-14-2-8-17(9-3-14)24-20(28)21-26-25-19(29-21)11-10-18(27)23-13-12-15-4-6-16(22)7-5-15/h2-9H,10-13H2,1H3,(H,23,27)(H,24,28). The molecule has 1 aromatic heterocycles. The van der Waals surface area contributed by atoms with Crippen LogP contribution in [-0.2, 0) is 17.6 Å². The molecule has 3 rings (SSSR count). The quantitative estimate of drug-likeness (QED) is 0.567. The molecule has 3 aromatic rings. The second-order valence-corrected chi connectivity index (χ2v) is 8.05. The van der Waals surface area contributed by atoms with Gasteiger partial charge in [-0.3, -0.25) is 9.59 Å². The van der Waals surface area contributed by atoms with Gasteiger partial charge in [0, 0.05) is 30.1 Å². The summed E-state index contributed by atoms with van der Waals surface area (Å²) in [5, 5.41) is 15.3. The molecule has 2 amide bonds. The van der Waals surface area contributed by atoms with Gasteiger partial charge in [0.05, 0.1) is 0 Å². The molecular weight excluding hydrogens is 408 g/mol. The first-order chi connectivity index (χ1) is 14.0.